The Morgan fingerprint density at radius 2 is 1.51 bits per heavy atom. The maximum atomic E-state index is 13.4. The summed E-state index contributed by atoms with van der Waals surface area (Å²) in [6.07, 6.45) is 6.05. The Hall–Kier alpha value is -4.53. The Morgan fingerprint density at radius 1 is 0.784 bits per heavy atom. The first kappa shape index (κ1) is 21.7. The monoisotopic (exact) mass is 492 g/mol. The van der Waals surface area contributed by atoms with Gasteiger partial charge in [-0.3, -0.25) is 28.6 Å². The SMILES string of the molecule is O=C1c2ccccc2C(=O)N1CCCn1c(Cn2c(=O)n(C3CC3)c3ccncc32)nc2ccccc21. The molecule has 2 aliphatic rings. The van der Waals surface area contributed by atoms with Crippen molar-refractivity contribution in [2.24, 2.45) is 0 Å². The van der Waals surface area contributed by atoms with Crippen LogP contribution in [0.2, 0.25) is 0 Å². The normalized spacial score (nSPS) is 15.3. The molecule has 7 rings (SSSR count). The number of imidazole rings is 2. The van der Waals surface area contributed by atoms with Crippen LogP contribution < -0.4 is 5.69 Å². The Balaban J connectivity index is 1.20. The molecule has 0 N–H and O–H groups in total. The van der Waals surface area contributed by atoms with E-state index in [1.807, 2.05) is 34.9 Å². The molecule has 9 nitrogen and oxygen atoms in total. The van der Waals surface area contributed by atoms with Crippen LogP contribution in [0, 0.1) is 0 Å². The van der Waals surface area contributed by atoms with Gasteiger partial charge in [-0.25, -0.2) is 9.78 Å². The molecule has 4 heterocycles. The van der Waals surface area contributed by atoms with Crippen LogP contribution in [0.25, 0.3) is 22.1 Å². The molecule has 0 saturated heterocycles. The largest absolute Gasteiger partial charge is 0.329 e. The van der Waals surface area contributed by atoms with E-state index in [4.69, 9.17) is 4.98 Å². The summed E-state index contributed by atoms with van der Waals surface area (Å²) in [5, 5.41) is 0. The number of benzene rings is 2. The highest BCUT2D eigenvalue weighted by atomic mass is 16.2. The van der Waals surface area contributed by atoms with Crippen LogP contribution >= 0.6 is 0 Å². The second-order valence-corrected chi connectivity index (χ2v) is 9.66. The summed E-state index contributed by atoms with van der Waals surface area (Å²) >= 11 is 0. The molecule has 9 heteroatoms. The number of amides is 2. The third kappa shape index (κ3) is 3.41. The van der Waals surface area contributed by atoms with Gasteiger partial charge in [-0.15, -0.1) is 0 Å². The molecule has 0 radical (unpaired) electrons. The van der Waals surface area contributed by atoms with Gasteiger partial charge in [0, 0.05) is 25.3 Å². The van der Waals surface area contributed by atoms with Gasteiger partial charge in [-0.2, -0.15) is 0 Å². The first-order valence-corrected chi connectivity index (χ1v) is 12.6. The van der Waals surface area contributed by atoms with E-state index < -0.39 is 0 Å². The van der Waals surface area contributed by atoms with E-state index in [1.54, 1.807) is 41.2 Å². The predicted octanol–water partition coefficient (Wildman–Crippen LogP) is 3.62. The zero-order valence-corrected chi connectivity index (χ0v) is 20.1. The van der Waals surface area contributed by atoms with E-state index in [0.29, 0.717) is 37.2 Å². The number of carbonyl (C=O) groups excluding carboxylic acids is 2. The zero-order chi connectivity index (χ0) is 25.1. The Morgan fingerprint density at radius 3 is 2.27 bits per heavy atom. The Labute approximate surface area is 211 Å². The van der Waals surface area contributed by atoms with Crippen LogP contribution in [-0.2, 0) is 13.1 Å². The number of imide groups is 1. The minimum Gasteiger partial charge on any atom is -0.326 e. The van der Waals surface area contributed by atoms with Crippen LogP contribution in [0.15, 0.2) is 71.8 Å². The van der Waals surface area contributed by atoms with Crippen molar-refractivity contribution in [2.45, 2.75) is 38.4 Å². The standard InChI is InChI=1S/C28H24N6O3/c35-26-19-6-1-2-7-20(19)27(36)32(26)15-5-14-31-22-9-4-3-8-21(22)30-25(31)17-33-24-16-29-13-12-23(24)34(28(33)37)18-10-11-18/h1-4,6-9,12-13,16,18H,5,10-11,14-15,17H2. The first-order valence-electron chi connectivity index (χ1n) is 12.6. The molecule has 0 atom stereocenters. The van der Waals surface area contributed by atoms with Gasteiger partial charge < -0.3 is 4.57 Å². The molecule has 5 aromatic rings. The fraction of sp³-hybridized carbons (Fsp3) is 0.250. The quantitative estimate of drug-likeness (QED) is 0.324. The molecule has 2 amide bonds. The highest BCUT2D eigenvalue weighted by Crippen LogP contribution is 2.36. The van der Waals surface area contributed by atoms with Crippen LogP contribution in [-0.4, -0.2) is 46.9 Å². The van der Waals surface area contributed by atoms with E-state index in [9.17, 15) is 14.4 Å². The van der Waals surface area contributed by atoms with Crippen molar-refractivity contribution in [3.63, 3.8) is 0 Å². The van der Waals surface area contributed by atoms with E-state index >= 15 is 0 Å². The van der Waals surface area contributed by atoms with Crippen molar-refractivity contribution in [2.75, 3.05) is 6.54 Å². The fourth-order valence-electron chi connectivity index (χ4n) is 5.43. The topological polar surface area (TPSA) is 95.0 Å². The molecular formula is C28H24N6O3. The third-order valence-electron chi connectivity index (χ3n) is 7.35. The highest BCUT2D eigenvalue weighted by Gasteiger charge is 2.34. The Kier molecular flexibility index (Phi) is 4.85. The lowest BCUT2D eigenvalue weighted by atomic mass is 10.1. The Bertz CT molecular complexity index is 1740. The minimum atomic E-state index is -0.247. The number of hydrogen-bond donors (Lipinski definition) is 0. The zero-order valence-electron chi connectivity index (χ0n) is 20.1. The highest BCUT2D eigenvalue weighted by molar-refractivity contribution is 6.21. The average Bonchev–Trinajstić information content (AvgIpc) is 3.59. The number of aryl methyl sites for hydroxylation is 1. The number of fused-ring (bicyclic) bond motifs is 3. The van der Waals surface area contributed by atoms with Crippen molar-refractivity contribution in [1.82, 2.24) is 28.6 Å². The second kappa shape index (κ2) is 8.26. The molecular weight excluding hydrogens is 468 g/mol. The van der Waals surface area contributed by atoms with Crippen molar-refractivity contribution in [3.05, 3.63) is 94.4 Å². The van der Waals surface area contributed by atoms with Crippen molar-refractivity contribution in [3.8, 4) is 0 Å². The molecule has 1 aliphatic heterocycles. The summed E-state index contributed by atoms with van der Waals surface area (Å²) in [5.74, 6) is 0.260. The van der Waals surface area contributed by atoms with E-state index in [-0.39, 0.29) is 23.5 Å². The van der Waals surface area contributed by atoms with Crippen molar-refractivity contribution in [1.29, 1.82) is 0 Å². The number of aromatic nitrogens is 5. The second-order valence-electron chi connectivity index (χ2n) is 9.66. The molecule has 0 unspecified atom stereocenters. The fourth-order valence-corrected chi connectivity index (χ4v) is 5.43. The summed E-state index contributed by atoms with van der Waals surface area (Å²) in [7, 11) is 0. The lowest BCUT2D eigenvalue weighted by Crippen LogP contribution is -2.31. The minimum absolute atomic E-state index is 0.0462. The summed E-state index contributed by atoms with van der Waals surface area (Å²) < 4.78 is 5.73. The van der Waals surface area contributed by atoms with Gasteiger partial charge in [0.15, 0.2) is 0 Å². The third-order valence-corrected chi connectivity index (χ3v) is 7.35. The number of pyridine rings is 1. The van der Waals surface area contributed by atoms with Gasteiger partial charge in [0.1, 0.15) is 5.82 Å². The lowest BCUT2D eigenvalue weighted by molar-refractivity contribution is 0.0651. The van der Waals surface area contributed by atoms with Gasteiger partial charge >= 0.3 is 5.69 Å². The summed E-state index contributed by atoms with van der Waals surface area (Å²) in [4.78, 5) is 49.5. The number of para-hydroxylation sites is 2. The van der Waals surface area contributed by atoms with E-state index in [0.717, 1.165) is 40.7 Å². The lowest BCUT2D eigenvalue weighted by Gasteiger charge is -2.15. The van der Waals surface area contributed by atoms with E-state index in [2.05, 4.69) is 9.55 Å². The number of carbonyl (C=O) groups is 2. The molecule has 2 aromatic carbocycles. The van der Waals surface area contributed by atoms with Gasteiger partial charge in [0.2, 0.25) is 0 Å². The molecule has 184 valence electrons. The molecule has 1 saturated carbocycles. The van der Waals surface area contributed by atoms with E-state index in [1.165, 1.54) is 4.90 Å². The smallest absolute Gasteiger partial charge is 0.326 e. The molecule has 1 fully saturated rings. The molecule has 0 spiro atoms. The molecule has 1 aliphatic carbocycles. The van der Waals surface area contributed by atoms with Crippen LogP contribution in [0.1, 0.15) is 51.8 Å². The molecule has 3 aromatic heterocycles. The van der Waals surface area contributed by atoms with Gasteiger partial charge in [-0.1, -0.05) is 24.3 Å². The number of hydrogen-bond acceptors (Lipinski definition) is 5. The maximum absolute atomic E-state index is 13.4. The maximum Gasteiger partial charge on any atom is 0.329 e. The molecule has 37 heavy (non-hydrogen) atoms. The summed E-state index contributed by atoms with van der Waals surface area (Å²) in [6.45, 7) is 1.17. The summed E-state index contributed by atoms with van der Waals surface area (Å²) in [6, 6.07) is 16.9. The van der Waals surface area contributed by atoms with Crippen molar-refractivity contribution >= 4 is 33.9 Å². The van der Waals surface area contributed by atoms with Gasteiger partial charge in [0.05, 0.1) is 45.9 Å². The number of rotatable bonds is 7. The summed E-state index contributed by atoms with van der Waals surface area (Å²) in [5.41, 5.74) is 4.37. The van der Waals surface area contributed by atoms with Crippen LogP contribution in [0.5, 0.6) is 0 Å². The number of nitrogens with zero attached hydrogens (tertiary/aromatic N) is 6. The van der Waals surface area contributed by atoms with Crippen LogP contribution in [0.3, 0.4) is 0 Å². The predicted molar refractivity (Wildman–Crippen MR) is 138 cm³/mol. The molecule has 0 bridgehead atoms. The van der Waals surface area contributed by atoms with Crippen LogP contribution in [0.4, 0.5) is 0 Å². The van der Waals surface area contributed by atoms with Gasteiger partial charge in [-0.05, 0) is 49.6 Å². The average molecular weight is 493 g/mol. The van der Waals surface area contributed by atoms with Gasteiger partial charge in [0.25, 0.3) is 11.8 Å². The van der Waals surface area contributed by atoms with Crippen molar-refractivity contribution < 1.29 is 9.59 Å². The first-order chi connectivity index (χ1) is 18.1.